The van der Waals surface area contributed by atoms with E-state index in [2.05, 4.69) is 42.8 Å². The van der Waals surface area contributed by atoms with Gasteiger partial charge in [0.2, 0.25) is 0 Å². The highest BCUT2D eigenvalue weighted by Gasteiger charge is 2.38. The molecule has 1 aliphatic carbocycles. The molecule has 0 atom stereocenters. The molecule has 1 aliphatic rings. The Kier molecular flexibility index (Phi) is 5.14. The maximum atomic E-state index is 6.55. The summed E-state index contributed by atoms with van der Waals surface area (Å²) in [6.07, 6.45) is 5.93. The molecule has 0 bridgehead atoms. The Labute approximate surface area is 128 Å². The smallest absolute Gasteiger partial charge is 0.0850 e. The standard InChI is InChI=1S/C16H28ClN3/c1-5-13-15(17)14(20(6-2)19-13)10-16(8-7-9-16)11-18-12(3)4/h12,18H,5-11H2,1-4H3. The Hall–Kier alpha value is -0.540. The number of halogens is 1. The molecule has 0 aromatic carbocycles. The molecule has 1 N–H and O–H groups in total. The quantitative estimate of drug-likeness (QED) is 0.829. The minimum absolute atomic E-state index is 0.395. The van der Waals surface area contributed by atoms with E-state index in [4.69, 9.17) is 11.6 Å². The lowest BCUT2D eigenvalue weighted by Crippen LogP contribution is -2.44. The number of rotatable bonds is 7. The molecule has 2 rings (SSSR count). The van der Waals surface area contributed by atoms with Crippen molar-refractivity contribution < 1.29 is 0 Å². The lowest BCUT2D eigenvalue weighted by atomic mass is 9.66. The molecule has 0 amide bonds. The number of nitrogens with zero attached hydrogens (tertiary/aromatic N) is 2. The topological polar surface area (TPSA) is 29.9 Å². The molecular weight excluding hydrogens is 270 g/mol. The van der Waals surface area contributed by atoms with E-state index in [0.717, 1.165) is 36.6 Å². The van der Waals surface area contributed by atoms with Crippen molar-refractivity contribution >= 4 is 11.6 Å². The molecule has 3 nitrogen and oxygen atoms in total. The fourth-order valence-electron chi connectivity index (χ4n) is 3.05. The predicted molar refractivity (Wildman–Crippen MR) is 85.4 cm³/mol. The summed E-state index contributed by atoms with van der Waals surface area (Å²) in [5.74, 6) is 0. The van der Waals surface area contributed by atoms with Crippen molar-refractivity contribution in [1.82, 2.24) is 15.1 Å². The van der Waals surface area contributed by atoms with Gasteiger partial charge in [-0.15, -0.1) is 0 Å². The van der Waals surface area contributed by atoms with Gasteiger partial charge in [-0.1, -0.05) is 38.8 Å². The Balaban J connectivity index is 2.17. The van der Waals surface area contributed by atoms with Gasteiger partial charge in [-0.25, -0.2) is 0 Å². The summed E-state index contributed by atoms with van der Waals surface area (Å²) in [6.45, 7) is 10.7. The van der Waals surface area contributed by atoms with Crippen LogP contribution in [0.5, 0.6) is 0 Å². The van der Waals surface area contributed by atoms with Crippen LogP contribution in [0.3, 0.4) is 0 Å². The van der Waals surface area contributed by atoms with E-state index in [1.165, 1.54) is 25.0 Å². The first-order chi connectivity index (χ1) is 9.51. The Morgan fingerprint density at radius 3 is 2.50 bits per heavy atom. The Morgan fingerprint density at radius 1 is 1.35 bits per heavy atom. The second-order valence-corrected chi connectivity index (χ2v) is 6.82. The zero-order valence-electron chi connectivity index (χ0n) is 13.3. The summed E-state index contributed by atoms with van der Waals surface area (Å²) in [5, 5.41) is 9.17. The molecule has 1 fully saturated rings. The monoisotopic (exact) mass is 297 g/mol. The van der Waals surface area contributed by atoms with E-state index in [1.807, 2.05) is 0 Å². The van der Waals surface area contributed by atoms with Gasteiger partial charge >= 0.3 is 0 Å². The highest BCUT2D eigenvalue weighted by Crippen LogP contribution is 2.44. The summed E-state index contributed by atoms with van der Waals surface area (Å²) in [7, 11) is 0. The highest BCUT2D eigenvalue weighted by molar-refractivity contribution is 6.31. The van der Waals surface area contributed by atoms with Crippen LogP contribution in [0.4, 0.5) is 0 Å². The summed E-state index contributed by atoms with van der Waals surface area (Å²) >= 11 is 6.55. The molecule has 1 heterocycles. The minimum atomic E-state index is 0.395. The summed E-state index contributed by atoms with van der Waals surface area (Å²) in [6, 6.07) is 0.547. The van der Waals surface area contributed by atoms with E-state index in [1.54, 1.807) is 0 Å². The second-order valence-electron chi connectivity index (χ2n) is 6.44. The fourth-order valence-corrected chi connectivity index (χ4v) is 3.39. The van der Waals surface area contributed by atoms with Gasteiger partial charge in [0.05, 0.1) is 16.4 Å². The Morgan fingerprint density at radius 2 is 2.05 bits per heavy atom. The van der Waals surface area contributed by atoms with Gasteiger partial charge in [0, 0.05) is 19.1 Å². The van der Waals surface area contributed by atoms with E-state index >= 15 is 0 Å². The number of aromatic nitrogens is 2. The van der Waals surface area contributed by atoms with Crippen molar-refractivity contribution in [2.75, 3.05) is 6.54 Å². The predicted octanol–water partition coefficient (Wildman–Crippen LogP) is 3.83. The van der Waals surface area contributed by atoms with E-state index in [-0.39, 0.29) is 0 Å². The lowest BCUT2D eigenvalue weighted by Gasteiger charge is -2.43. The maximum Gasteiger partial charge on any atom is 0.0850 e. The van der Waals surface area contributed by atoms with Crippen LogP contribution in [0.2, 0.25) is 5.02 Å². The van der Waals surface area contributed by atoms with Crippen molar-refractivity contribution in [2.24, 2.45) is 5.41 Å². The molecule has 0 saturated heterocycles. The van der Waals surface area contributed by atoms with Crippen molar-refractivity contribution in [2.45, 2.75) is 72.4 Å². The molecule has 0 radical (unpaired) electrons. The summed E-state index contributed by atoms with van der Waals surface area (Å²) < 4.78 is 2.11. The van der Waals surface area contributed by atoms with Gasteiger partial charge in [-0.2, -0.15) is 5.10 Å². The lowest BCUT2D eigenvalue weighted by molar-refractivity contribution is 0.123. The van der Waals surface area contributed by atoms with Crippen LogP contribution in [0.1, 0.15) is 58.3 Å². The molecule has 1 aromatic rings. The number of nitrogens with one attached hydrogen (secondary N) is 1. The zero-order valence-corrected chi connectivity index (χ0v) is 14.1. The molecule has 1 saturated carbocycles. The van der Waals surface area contributed by atoms with Gasteiger partial charge < -0.3 is 5.32 Å². The number of aryl methyl sites for hydroxylation is 2. The van der Waals surface area contributed by atoms with Gasteiger partial charge in [0.1, 0.15) is 0 Å². The van der Waals surface area contributed by atoms with Gasteiger partial charge in [0.25, 0.3) is 0 Å². The SMILES string of the molecule is CCc1nn(CC)c(CC2(CNC(C)C)CCC2)c1Cl. The fraction of sp³-hybridized carbons (Fsp3) is 0.812. The third-order valence-corrected chi connectivity index (χ3v) is 4.97. The largest absolute Gasteiger partial charge is 0.314 e. The van der Waals surface area contributed by atoms with Crippen molar-refractivity contribution in [3.63, 3.8) is 0 Å². The van der Waals surface area contributed by atoms with Gasteiger partial charge in [-0.3, -0.25) is 4.68 Å². The van der Waals surface area contributed by atoms with Crippen molar-refractivity contribution in [3.8, 4) is 0 Å². The van der Waals surface area contributed by atoms with Crippen LogP contribution in [-0.2, 0) is 19.4 Å². The molecule has 114 valence electrons. The summed E-state index contributed by atoms with van der Waals surface area (Å²) in [4.78, 5) is 0. The van der Waals surface area contributed by atoms with Crippen LogP contribution >= 0.6 is 11.6 Å². The maximum absolute atomic E-state index is 6.55. The number of hydrogen-bond donors (Lipinski definition) is 1. The average Bonchev–Trinajstić information content (AvgIpc) is 2.68. The Bertz CT molecular complexity index is 447. The molecule has 4 heteroatoms. The molecule has 0 spiro atoms. The van der Waals surface area contributed by atoms with E-state index < -0.39 is 0 Å². The molecular formula is C16H28ClN3. The highest BCUT2D eigenvalue weighted by atomic mass is 35.5. The van der Waals surface area contributed by atoms with Crippen LogP contribution in [0.25, 0.3) is 0 Å². The van der Waals surface area contributed by atoms with Gasteiger partial charge in [0.15, 0.2) is 0 Å². The van der Waals surface area contributed by atoms with E-state index in [0.29, 0.717) is 11.5 Å². The first-order valence-corrected chi connectivity index (χ1v) is 8.36. The van der Waals surface area contributed by atoms with Crippen LogP contribution in [-0.4, -0.2) is 22.4 Å². The van der Waals surface area contributed by atoms with Crippen LogP contribution in [0.15, 0.2) is 0 Å². The third-order valence-electron chi connectivity index (χ3n) is 4.54. The second kappa shape index (κ2) is 6.48. The first-order valence-electron chi connectivity index (χ1n) is 7.98. The molecule has 1 aromatic heterocycles. The minimum Gasteiger partial charge on any atom is -0.314 e. The van der Waals surface area contributed by atoms with Gasteiger partial charge in [-0.05, 0) is 38.0 Å². The van der Waals surface area contributed by atoms with E-state index in [9.17, 15) is 0 Å². The van der Waals surface area contributed by atoms with Crippen LogP contribution in [0, 0.1) is 5.41 Å². The van der Waals surface area contributed by atoms with Crippen molar-refractivity contribution in [3.05, 3.63) is 16.4 Å². The molecule has 20 heavy (non-hydrogen) atoms. The third kappa shape index (κ3) is 3.20. The zero-order chi connectivity index (χ0) is 14.8. The average molecular weight is 298 g/mol. The van der Waals surface area contributed by atoms with Crippen LogP contribution < -0.4 is 5.32 Å². The molecule has 0 unspecified atom stereocenters. The normalized spacial score (nSPS) is 17.5. The first kappa shape index (κ1) is 15.8. The summed E-state index contributed by atoms with van der Waals surface area (Å²) in [5.41, 5.74) is 2.69. The van der Waals surface area contributed by atoms with Crippen molar-refractivity contribution in [1.29, 1.82) is 0 Å². The molecule has 0 aliphatic heterocycles. The number of hydrogen-bond acceptors (Lipinski definition) is 2.